The topological polar surface area (TPSA) is 107 Å². The van der Waals surface area contributed by atoms with E-state index in [1.807, 2.05) is 6.92 Å². The minimum atomic E-state index is -0.505. The molecule has 1 amide bonds. The summed E-state index contributed by atoms with van der Waals surface area (Å²) < 4.78 is 1.54. The minimum absolute atomic E-state index is 0.0540. The first kappa shape index (κ1) is 17.7. The van der Waals surface area contributed by atoms with Crippen LogP contribution in [0.5, 0.6) is 0 Å². The van der Waals surface area contributed by atoms with Crippen molar-refractivity contribution in [1.82, 2.24) is 9.55 Å². The number of anilines is 1. The van der Waals surface area contributed by atoms with Gasteiger partial charge >= 0.3 is 0 Å². The second kappa shape index (κ2) is 7.04. The first-order valence-electron chi connectivity index (χ1n) is 7.96. The molecule has 0 aliphatic carbocycles. The SMILES string of the molecule is CCCn1cnc2sc(C(=O)Nc3ccc([N+](=O)[O-])cc3)c(C)c2c1=O. The Morgan fingerprint density at radius 2 is 2.04 bits per heavy atom. The number of benzene rings is 1. The molecule has 2 heterocycles. The van der Waals surface area contributed by atoms with E-state index in [0.717, 1.165) is 17.8 Å². The lowest BCUT2D eigenvalue weighted by molar-refractivity contribution is -0.384. The summed E-state index contributed by atoms with van der Waals surface area (Å²) in [5.74, 6) is -0.374. The molecule has 0 fully saturated rings. The lowest BCUT2D eigenvalue weighted by Gasteiger charge is -2.04. The fraction of sp³-hybridized carbons (Fsp3) is 0.235. The second-order valence-corrected chi connectivity index (χ2v) is 6.74. The van der Waals surface area contributed by atoms with Crippen LogP contribution in [-0.2, 0) is 6.54 Å². The number of fused-ring (bicyclic) bond motifs is 1. The van der Waals surface area contributed by atoms with Crippen LogP contribution in [0.4, 0.5) is 11.4 Å². The fourth-order valence-corrected chi connectivity index (χ4v) is 3.66. The van der Waals surface area contributed by atoms with Gasteiger partial charge < -0.3 is 5.32 Å². The van der Waals surface area contributed by atoms with Crippen molar-refractivity contribution in [3.05, 3.63) is 61.5 Å². The highest BCUT2D eigenvalue weighted by Gasteiger charge is 2.19. The molecule has 0 saturated carbocycles. The smallest absolute Gasteiger partial charge is 0.269 e. The first-order valence-corrected chi connectivity index (χ1v) is 8.78. The van der Waals surface area contributed by atoms with Gasteiger partial charge in [0.25, 0.3) is 17.2 Å². The molecule has 9 heteroatoms. The van der Waals surface area contributed by atoms with Crippen molar-refractivity contribution in [2.24, 2.45) is 0 Å². The van der Waals surface area contributed by atoms with E-state index in [-0.39, 0.29) is 17.2 Å². The summed E-state index contributed by atoms with van der Waals surface area (Å²) >= 11 is 1.16. The van der Waals surface area contributed by atoms with Gasteiger partial charge in [-0.05, 0) is 31.0 Å². The molecule has 0 bridgehead atoms. The number of hydrogen-bond acceptors (Lipinski definition) is 6. The average Bonchev–Trinajstić information content (AvgIpc) is 2.95. The van der Waals surface area contributed by atoms with Crippen molar-refractivity contribution in [2.45, 2.75) is 26.8 Å². The van der Waals surface area contributed by atoms with Gasteiger partial charge in [-0.1, -0.05) is 6.92 Å². The highest BCUT2D eigenvalue weighted by molar-refractivity contribution is 7.20. The Kier molecular flexibility index (Phi) is 4.81. The number of thiophene rings is 1. The van der Waals surface area contributed by atoms with Crippen LogP contribution in [0, 0.1) is 17.0 Å². The maximum Gasteiger partial charge on any atom is 0.269 e. The van der Waals surface area contributed by atoms with E-state index >= 15 is 0 Å². The molecule has 0 aliphatic heterocycles. The molecule has 8 nitrogen and oxygen atoms in total. The lowest BCUT2D eigenvalue weighted by Crippen LogP contribution is -2.20. The number of amides is 1. The van der Waals surface area contributed by atoms with Crippen molar-refractivity contribution in [3.8, 4) is 0 Å². The van der Waals surface area contributed by atoms with Crippen molar-refractivity contribution in [2.75, 3.05) is 5.32 Å². The third-order valence-electron chi connectivity index (χ3n) is 3.92. The highest BCUT2D eigenvalue weighted by Crippen LogP contribution is 2.28. The molecule has 1 aromatic carbocycles. The molecule has 1 N–H and O–H groups in total. The molecule has 26 heavy (non-hydrogen) atoms. The summed E-state index contributed by atoms with van der Waals surface area (Å²) in [5, 5.41) is 13.8. The third-order valence-corrected chi connectivity index (χ3v) is 5.12. The van der Waals surface area contributed by atoms with Gasteiger partial charge in [-0.2, -0.15) is 0 Å². The Balaban J connectivity index is 1.93. The number of carbonyl (C=O) groups is 1. The second-order valence-electron chi connectivity index (χ2n) is 5.74. The van der Waals surface area contributed by atoms with Crippen LogP contribution >= 0.6 is 11.3 Å². The van der Waals surface area contributed by atoms with E-state index in [9.17, 15) is 19.7 Å². The summed E-state index contributed by atoms with van der Waals surface area (Å²) in [6.07, 6.45) is 2.31. The Morgan fingerprint density at radius 3 is 2.65 bits per heavy atom. The lowest BCUT2D eigenvalue weighted by atomic mass is 10.2. The molecule has 0 atom stereocenters. The van der Waals surface area contributed by atoms with E-state index in [2.05, 4.69) is 10.3 Å². The number of nitro benzene ring substituents is 1. The number of rotatable bonds is 5. The van der Waals surface area contributed by atoms with Crippen LogP contribution < -0.4 is 10.9 Å². The predicted octanol–water partition coefficient (Wildman–Crippen LogP) is 3.34. The first-order chi connectivity index (χ1) is 12.4. The number of nitrogens with zero attached hydrogens (tertiary/aromatic N) is 3. The summed E-state index contributed by atoms with van der Waals surface area (Å²) in [5.41, 5.74) is 0.822. The molecule has 0 aliphatic rings. The molecule has 134 valence electrons. The van der Waals surface area contributed by atoms with Gasteiger partial charge in [0.1, 0.15) is 4.83 Å². The maximum atomic E-state index is 12.6. The Morgan fingerprint density at radius 1 is 1.35 bits per heavy atom. The van der Waals surface area contributed by atoms with Crippen LogP contribution in [-0.4, -0.2) is 20.4 Å². The van der Waals surface area contributed by atoms with Gasteiger partial charge in [0.2, 0.25) is 0 Å². The van der Waals surface area contributed by atoms with Gasteiger partial charge in [0.15, 0.2) is 0 Å². The Labute approximate surface area is 152 Å². The summed E-state index contributed by atoms with van der Waals surface area (Å²) in [4.78, 5) is 40.5. The molecular formula is C17H16N4O4S. The number of nitrogens with one attached hydrogen (secondary N) is 1. The summed E-state index contributed by atoms with van der Waals surface area (Å²) in [6.45, 7) is 4.27. The molecular weight excluding hydrogens is 356 g/mol. The summed E-state index contributed by atoms with van der Waals surface area (Å²) in [6, 6.07) is 5.56. The molecule has 3 aromatic rings. The number of aromatic nitrogens is 2. The van der Waals surface area contributed by atoms with Gasteiger partial charge in [-0.15, -0.1) is 11.3 Å². The van der Waals surface area contributed by atoms with Gasteiger partial charge in [-0.25, -0.2) is 4.98 Å². The zero-order valence-corrected chi connectivity index (χ0v) is 15.0. The molecule has 0 spiro atoms. The van der Waals surface area contributed by atoms with E-state index in [0.29, 0.717) is 32.9 Å². The zero-order chi connectivity index (χ0) is 18.8. The third kappa shape index (κ3) is 3.21. The highest BCUT2D eigenvalue weighted by atomic mass is 32.1. The number of aryl methyl sites for hydroxylation is 2. The fourth-order valence-electron chi connectivity index (χ4n) is 2.63. The van der Waals surface area contributed by atoms with Crippen LogP contribution in [0.3, 0.4) is 0 Å². The maximum absolute atomic E-state index is 12.6. The zero-order valence-electron chi connectivity index (χ0n) is 14.2. The number of hydrogen-bond donors (Lipinski definition) is 1. The molecule has 0 unspecified atom stereocenters. The Bertz CT molecular complexity index is 1050. The van der Waals surface area contributed by atoms with E-state index < -0.39 is 4.92 Å². The van der Waals surface area contributed by atoms with E-state index in [4.69, 9.17) is 0 Å². The van der Waals surface area contributed by atoms with E-state index in [1.54, 1.807) is 11.5 Å². The van der Waals surface area contributed by atoms with E-state index in [1.165, 1.54) is 30.6 Å². The number of nitro groups is 1. The van der Waals surface area contributed by atoms with Crippen LogP contribution in [0.1, 0.15) is 28.6 Å². The monoisotopic (exact) mass is 372 g/mol. The van der Waals surface area contributed by atoms with Crippen LogP contribution in [0.25, 0.3) is 10.2 Å². The Hall–Kier alpha value is -3.07. The molecule has 2 aromatic heterocycles. The van der Waals surface area contributed by atoms with Gasteiger partial charge in [0, 0.05) is 24.4 Å². The quantitative estimate of drug-likeness (QED) is 0.546. The van der Waals surface area contributed by atoms with Crippen molar-refractivity contribution < 1.29 is 9.72 Å². The van der Waals surface area contributed by atoms with Gasteiger partial charge in [0.05, 0.1) is 21.5 Å². The van der Waals surface area contributed by atoms with Crippen molar-refractivity contribution in [3.63, 3.8) is 0 Å². The largest absolute Gasteiger partial charge is 0.321 e. The van der Waals surface area contributed by atoms with Crippen molar-refractivity contribution in [1.29, 1.82) is 0 Å². The van der Waals surface area contributed by atoms with Gasteiger partial charge in [-0.3, -0.25) is 24.3 Å². The predicted molar refractivity (Wildman–Crippen MR) is 100.0 cm³/mol. The van der Waals surface area contributed by atoms with Crippen LogP contribution in [0.15, 0.2) is 35.4 Å². The normalized spacial score (nSPS) is 10.8. The molecule has 0 saturated heterocycles. The molecule has 3 rings (SSSR count). The average molecular weight is 372 g/mol. The number of carbonyl (C=O) groups excluding carboxylic acids is 1. The van der Waals surface area contributed by atoms with Crippen molar-refractivity contribution >= 4 is 38.8 Å². The standard InChI is InChI=1S/C17H16N4O4S/c1-3-8-20-9-18-16-13(17(20)23)10(2)14(26-16)15(22)19-11-4-6-12(7-5-11)21(24)25/h4-7,9H,3,8H2,1-2H3,(H,19,22). The minimum Gasteiger partial charge on any atom is -0.321 e. The van der Waals surface area contributed by atoms with Crippen LogP contribution in [0.2, 0.25) is 0 Å². The summed E-state index contributed by atoms with van der Waals surface area (Å²) in [7, 11) is 0. The molecule has 0 radical (unpaired) electrons. The number of non-ortho nitro benzene ring substituents is 1.